The van der Waals surface area contributed by atoms with Crippen molar-refractivity contribution in [1.29, 1.82) is 0 Å². The quantitative estimate of drug-likeness (QED) is 0.671. The van der Waals surface area contributed by atoms with Crippen molar-refractivity contribution in [2.45, 2.75) is 25.9 Å². The molecule has 28 heavy (non-hydrogen) atoms. The zero-order chi connectivity index (χ0) is 19.5. The lowest BCUT2D eigenvalue weighted by Gasteiger charge is -2.21. The van der Waals surface area contributed by atoms with E-state index in [0.29, 0.717) is 25.5 Å². The van der Waals surface area contributed by atoms with Crippen LogP contribution in [0.25, 0.3) is 10.9 Å². The number of pyridine rings is 1. The Morgan fingerprint density at radius 2 is 2.14 bits per heavy atom. The van der Waals surface area contributed by atoms with Crippen molar-refractivity contribution in [1.82, 2.24) is 20.1 Å². The molecule has 0 fully saturated rings. The van der Waals surface area contributed by atoms with Gasteiger partial charge in [-0.3, -0.25) is 10.00 Å². The third kappa shape index (κ3) is 3.75. The molecule has 1 aliphatic heterocycles. The molecule has 7 heteroatoms. The van der Waals surface area contributed by atoms with Crippen molar-refractivity contribution in [3.63, 3.8) is 0 Å². The predicted octanol–water partition coefficient (Wildman–Crippen LogP) is 3.44. The number of anilines is 1. The lowest BCUT2D eigenvalue weighted by atomic mass is 10.1. The minimum Gasteiger partial charge on any atom is -0.375 e. The molecule has 4 rings (SSSR count). The smallest absolute Gasteiger partial charge is 0.320 e. The normalized spacial score (nSPS) is 18.1. The summed E-state index contributed by atoms with van der Waals surface area (Å²) in [6.07, 6.45) is 2.36. The van der Waals surface area contributed by atoms with Gasteiger partial charge in [0.05, 0.1) is 36.7 Å². The number of hydrogen-bond acceptors (Lipinski definition) is 4. The van der Waals surface area contributed by atoms with Crippen LogP contribution in [0.15, 0.2) is 54.7 Å². The summed E-state index contributed by atoms with van der Waals surface area (Å²) in [6.45, 7) is 7.70. The van der Waals surface area contributed by atoms with E-state index in [1.54, 1.807) is 6.20 Å². The predicted molar refractivity (Wildman–Crippen MR) is 108 cm³/mol. The van der Waals surface area contributed by atoms with Gasteiger partial charge in [0.2, 0.25) is 0 Å². The Morgan fingerprint density at radius 3 is 2.93 bits per heavy atom. The zero-order valence-corrected chi connectivity index (χ0v) is 15.8. The fourth-order valence-electron chi connectivity index (χ4n) is 3.45. The van der Waals surface area contributed by atoms with Crippen molar-refractivity contribution in [2.75, 3.05) is 18.5 Å². The molecule has 3 aromatic rings. The Bertz CT molecular complexity index is 1010. The number of hydrogen-bond donors (Lipinski definition) is 2. The van der Waals surface area contributed by atoms with E-state index in [1.807, 2.05) is 48.0 Å². The number of rotatable bonds is 2. The van der Waals surface area contributed by atoms with Crippen LogP contribution in [0, 0.1) is 0 Å². The van der Waals surface area contributed by atoms with Crippen molar-refractivity contribution in [3.8, 4) is 0 Å². The summed E-state index contributed by atoms with van der Waals surface area (Å²) in [5.41, 5.74) is 3.71. The summed E-state index contributed by atoms with van der Waals surface area (Å²) in [5, 5.41) is 11.2. The van der Waals surface area contributed by atoms with Gasteiger partial charge in [-0.05, 0) is 24.1 Å². The summed E-state index contributed by atoms with van der Waals surface area (Å²) in [6, 6.07) is 11.0. The number of ether oxygens (including phenoxy) is 1. The first-order chi connectivity index (χ1) is 13.6. The molecule has 2 amide bonds. The summed E-state index contributed by atoms with van der Waals surface area (Å²) in [7, 11) is 0. The minimum atomic E-state index is -0.322. The molecule has 3 heterocycles. The fourth-order valence-corrected chi connectivity index (χ4v) is 3.45. The molecule has 0 radical (unpaired) electrons. The molecule has 1 aromatic carbocycles. The maximum Gasteiger partial charge on any atom is 0.320 e. The number of nitrogens with one attached hydrogen (secondary N) is 2. The highest BCUT2D eigenvalue weighted by atomic mass is 16.5. The molecule has 0 spiro atoms. The second-order valence-corrected chi connectivity index (χ2v) is 6.86. The Morgan fingerprint density at radius 1 is 1.32 bits per heavy atom. The number of carbonyl (C=O) groups is 1. The number of nitrogens with zero attached hydrogens (tertiary/aromatic N) is 3. The summed E-state index contributed by atoms with van der Waals surface area (Å²) in [5.74, 6) is 0.497. The Kier molecular flexibility index (Phi) is 5.08. The Hall–Kier alpha value is -3.19. The second-order valence-electron chi connectivity index (χ2n) is 6.86. The summed E-state index contributed by atoms with van der Waals surface area (Å²) < 4.78 is 7.77. The zero-order valence-electron chi connectivity index (χ0n) is 15.8. The van der Waals surface area contributed by atoms with Gasteiger partial charge in [-0.2, -0.15) is 5.10 Å². The van der Waals surface area contributed by atoms with Gasteiger partial charge in [0, 0.05) is 18.4 Å². The number of aryl methyl sites for hydroxylation is 1. The third-order valence-electron chi connectivity index (χ3n) is 4.75. The third-order valence-corrected chi connectivity index (χ3v) is 4.75. The highest BCUT2D eigenvalue weighted by Crippen LogP contribution is 2.24. The van der Waals surface area contributed by atoms with Crippen molar-refractivity contribution >= 4 is 22.8 Å². The van der Waals surface area contributed by atoms with Crippen LogP contribution < -0.4 is 10.6 Å². The van der Waals surface area contributed by atoms with E-state index in [2.05, 4.69) is 27.3 Å². The van der Waals surface area contributed by atoms with Gasteiger partial charge in [-0.1, -0.05) is 36.9 Å². The molecule has 2 N–H and O–H groups in total. The average molecular weight is 377 g/mol. The SMILES string of the molecule is C=C1COC[C@H](c2ccccc2)NC(=O)Nc2cc3cnn(CC)c3c(n2)C1. The summed E-state index contributed by atoms with van der Waals surface area (Å²) in [4.78, 5) is 17.3. The van der Waals surface area contributed by atoms with Crippen LogP contribution in [-0.2, 0) is 17.7 Å². The molecule has 0 unspecified atom stereocenters. The van der Waals surface area contributed by atoms with Crippen LogP contribution >= 0.6 is 0 Å². The number of urea groups is 1. The van der Waals surface area contributed by atoms with Gasteiger partial charge >= 0.3 is 6.03 Å². The van der Waals surface area contributed by atoms with Crippen molar-refractivity contribution in [2.24, 2.45) is 0 Å². The maximum atomic E-state index is 12.6. The second kappa shape index (κ2) is 7.82. The number of benzene rings is 1. The van der Waals surface area contributed by atoms with Crippen LogP contribution in [0.5, 0.6) is 0 Å². The van der Waals surface area contributed by atoms with Gasteiger partial charge < -0.3 is 10.1 Å². The largest absolute Gasteiger partial charge is 0.375 e. The molecule has 0 aliphatic carbocycles. The molecule has 2 bridgehead atoms. The van der Waals surface area contributed by atoms with Crippen molar-refractivity contribution in [3.05, 3.63) is 66.0 Å². The highest BCUT2D eigenvalue weighted by molar-refractivity contribution is 5.92. The molecule has 0 saturated carbocycles. The molecule has 2 aromatic heterocycles. The van der Waals surface area contributed by atoms with Gasteiger partial charge in [-0.25, -0.2) is 9.78 Å². The molecule has 0 saturated heterocycles. The molecule has 144 valence electrons. The van der Waals surface area contributed by atoms with Gasteiger partial charge in [0.1, 0.15) is 5.82 Å². The Labute approximate surface area is 163 Å². The standard InChI is InChI=1S/C21H23N5O2/c1-3-26-20-16(11-22-26)10-19-23-17(20)9-14(2)12-28-13-18(24-21(27)25-19)15-7-5-4-6-8-15/h4-8,10-11,18H,2-3,9,12-13H2,1H3,(H2,23,24,25,27)/t18-/m1/s1. The lowest BCUT2D eigenvalue weighted by molar-refractivity contribution is 0.131. The molecular formula is C21H23N5O2. The highest BCUT2D eigenvalue weighted by Gasteiger charge is 2.19. The van der Waals surface area contributed by atoms with Crippen LogP contribution in [0.4, 0.5) is 10.6 Å². The van der Waals surface area contributed by atoms with E-state index >= 15 is 0 Å². The number of aromatic nitrogens is 3. The summed E-state index contributed by atoms with van der Waals surface area (Å²) >= 11 is 0. The van der Waals surface area contributed by atoms with E-state index in [4.69, 9.17) is 4.74 Å². The maximum absolute atomic E-state index is 12.6. The van der Waals surface area contributed by atoms with Crippen LogP contribution in [0.2, 0.25) is 0 Å². The fraction of sp³-hybridized carbons (Fsp3) is 0.286. The lowest BCUT2D eigenvalue weighted by Crippen LogP contribution is -2.35. The molecular weight excluding hydrogens is 354 g/mol. The minimum absolute atomic E-state index is 0.264. The first kappa shape index (κ1) is 18.2. The van der Waals surface area contributed by atoms with Crippen LogP contribution in [-0.4, -0.2) is 34.0 Å². The van der Waals surface area contributed by atoms with Gasteiger partial charge in [-0.15, -0.1) is 0 Å². The average Bonchev–Trinajstić information content (AvgIpc) is 3.10. The number of amides is 2. The monoisotopic (exact) mass is 377 g/mol. The first-order valence-corrected chi connectivity index (χ1v) is 9.36. The Balaban J connectivity index is 1.69. The van der Waals surface area contributed by atoms with Gasteiger partial charge in [0.25, 0.3) is 0 Å². The number of fused-ring (bicyclic) bond motifs is 4. The van der Waals surface area contributed by atoms with Crippen LogP contribution in [0.3, 0.4) is 0 Å². The number of carbonyl (C=O) groups excluding carboxylic acids is 1. The van der Waals surface area contributed by atoms with E-state index in [9.17, 15) is 4.79 Å². The molecule has 1 aliphatic rings. The van der Waals surface area contributed by atoms with E-state index in [1.165, 1.54) is 0 Å². The first-order valence-electron chi connectivity index (χ1n) is 9.36. The van der Waals surface area contributed by atoms with E-state index in [0.717, 1.165) is 34.3 Å². The van der Waals surface area contributed by atoms with Gasteiger partial charge in [0.15, 0.2) is 0 Å². The van der Waals surface area contributed by atoms with E-state index < -0.39 is 0 Å². The van der Waals surface area contributed by atoms with E-state index in [-0.39, 0.29) is 12.1 Å². The van der Waals surface area contributed by atoms with Crippen LogP contribution in [0.1, 0.15) is 24.2 Å². The molecule has 1 atom stereocenters. The molecule has 7 nitrogen and oxygen atoms in total. The van der Waals surface area contributed by atoms with Crippen molar-refractivity contribution < 1.29 is 9.53 Å². The topological polar surface area (TPSA) is 81.1 Å².